The van der Waals surface area contributed by atoms with Crippen molar-refractivity contribution in [2.24, 2.45) is 0 Å². The minimum Gasteiger partial charge on any atom is -0.410 e. The lowest BCUT2D eigenvalue weighted by Crippen LogP contribution is -2.32. The molecule has 0 spiro atoms. The Hall–Kier alpha value is -0.735. The normalized spacial score (nSPS) is 10.6. The summed E-state index contributed by atoms with van der Waals surface area (Å²) in [5.41, 5.74) is 1.33. The first-order chi connectivity index (χ1) is 22.4. The molecule has 0 saturated heterocycles. The van der Waals surface area contributed by atoms with Crippen LogP contribution in [0.1, 0.15) is 101 Å². The average Bonchev–Trinajstić information content (AvgIpc) is 3.74. The second-order valence-electron chi connectivity index (χ2n) is 11.4. The second kappa shape index (κ2) is 26.2. The van der Waals surface area contributed by atoms with Crippen molar-refractivity contribution in [1.82, 2.24) is 0 Å². The fraction of sp³-hybridized carbons (Fsp3) is 0.474. The van der Waals surface area contributed by atoms with Gasteiger partial charge in [-0.25, -0.2) is 0 Å². The highest BCUT2D eigenvalue weighted by molar-refractivity contribution is 9.11. The minimum atomic E-state index is -0.201. The summed E-state index contributed by atoms with van der Waals surface area (Å²) < 4.78 is 15.0. The van der Waals surface area contributed by atoms with Crippen molar-refractivity contribution in [2.45, 2.75) is 104 Å². The molecule has 0 aliphatic rings. The molecule has 2 heterocycles. The molecule has 0 unspecified atom stereocenters. The van der Waals surface area contributed by atoms with E-state index >= 15 is 0 Å². The van der Waals surface area contributed by atoms with Gasteiger partial charge in [-0.1, -0.05) is 144 Å². The Morgan fingerprint density at radius 1 is 0.500 bits per heavy atom. The van der Waals surface area contributed by atoms with E-state index in [9.17, 15) is 0 Å². The molecule has 252 valence electrons. The van der Waals surface area contributed by atoms with Crippen molar-refractivity contribution in [2.75, 3.05) is 14.2 Å². The van der Waals surface area contributed by atoms with Crippen LogP contribution >= 0.6 is 70.5 Å². The Kier molecular flexibility index (Phi) is 23.6. The summed E-state index contributed by atoms with van der Waals surface area (Å²) in [6.07, 6.45) is 18.8. The molecule has 2 aromatic carbocycles. The van der Waals surface area contributed by atoms with E-state index in [0.29, 0.717) is 0 Å². The van der Waals surface area contributed by atoms with Crippen LogP contribution in [0.25, 0.3) is 10.4 Å². The highest BCUT2D eigenvalue weighted by Gasteiger charge is 2.19. The fourth-order valence-corrected chi connectivity index (χ4v) is 7.81. The Morgan fingerprint density at radius 2 is 0.913 bits per heavy atom. The van der Waals surface area contributed by atoms with E-state index in [1.54, 1.807) is 14.2 Å². The summed E-state index contributed by atoms with van der Waals surface area (Å²) >= 11 is 13.9. The third-order valence-corrected chi connectivity index (χ3v) is 11.4. The predicted molar refractivity (Wildman–Crippen MR) is 217 cm³/mol. The van der Waals surface area contributed by atoms with Crippen LogP contribution in [0.5, 0.6) is 0 Å². The third-order valence-electron chi connectivity index (χ3n) is 7.49. The molecule has 0 bridgehead atoms. The van der Waals surface area contributed by atoms with Gasteiger partial charge >= 0.3 is 7.12 Å². The van der Waals surface area contributed by atoms with E-state index in [4.69, 9.17) is 9.31 Å². The highest BCUT2D eigenvalue weighted by atomic mass is 79.9. The van der Waals surface area contributed by atoms with Gasteiger partial charge in [0.25, 0.3) is 0 Å². The van der Waals surface area contributed by atoms with Crippen LogP contribution in [0.3, 0.4) is 0 Å². The Balaban J connectivity index is 0.000000260. The van der Waals surface area contributed by atoms with Gasteiger partial charge in [-0.15, -0.1) is 22.7 Å². The van der Waals surface area contributed by atoms with E-state index in [-0.39, 0.29) is 7.12 Å². The zero-order chi connectivity index (χ0) is 33.4. The van der Waals surface area contributed by atoms with Crippen molar-refractivity contribution >= 4 is 82.4 Å². The van der Waals surface area contributed by atoms with Crippen LogP contribution in [0.4, 0.5) is 0 Å². The molecule has 0 saturated carbocycles. The molecule has 0 radical (unpaired) electrons. The maximum absolute atomic E-state index is 5.26. The van der Waals surface area contributed by atoms with Crippen LogP contribution in [-0.2, 0) is 22.2 Å². The number of thiophene rings is 2. The zero-order valence-corrected chi connectivity index (χ0v) is 34.6. The van der Waals surface area contributed by atoms with E-state index in [1.165, 1.54) is 115 Å². The number of unbranched alkanes of at least 4 members (excludes halogenated alkanes) is 10. The quantitative estimate of drug-likeness (QED) is 0.0733. The number of aryl methyl sites for hydroxylation is 2. The van der Waals surface area contributed by atoms with Gasteiger partial charge in [0.15, 0.2) is 0 Å². The molecule has 0 aliphatic carbocycles. The molecule has 2 nitrogen and oxygen atoms in total. The molecule has 46 heavy (non-hydrogen) atoms. The van der Waals surface area contributed by atoms with Crippen LogP contribution < -0.4 is 4.78 Å². The summed E-state index contributed by atoms with van der Waals surface area (Å²) in [6.45, 7) is 4.53. The van der Waals surface area contributed by atoms with Crippen LogP contribution in [0.2, 0.25) is 0 Å². The first-order valence-corrected chi connectivity index (χ1v) is 20.8. The standard InChI is InChI=1S/C18H23BrS.C14H25BO2S.C6H4Br2/c1-2-3-4-5-6-7-8-17-13-14-18(20-17)15-9-11-16(19)12-10-15;1-4-5-6-7-8-9-10-13-11-12-14(18-13)15(16-2)17-3;7-5-1-2-6(8)4-3-5/h9-14H,2-8H2,1H3;11-12H,4-10H2,1-3H3;1-4H. The molecule has 0 amide bonds. The molecule has 0 aliphatic heterocycles. The highest BCUT2D eigenvalue weighted by Crippen LogP contribution is 2.30. The van der Waals surface area contributed by atoms with E-state index in [0.717, 1.165) is 13.4 Å². The van der Waals surface area contributed by atoms with Crippen molar-refractivity contribution in [3.8, 4) is 10.4 Å². The summed E-state index contributed by atoms with van der Waals surface area (Å²) in [7, 11) is 3.16. The molecular weight excluding hydrogens is 803 g/mol. The molecule has 8 heteroatoms. The number of hydrogen-bond donors (Lipinski definition) is 0. The van der Waals surface area contributed by atoms with Crippen molar-refractivity contribution in [3.05, 3.63) is 96.0 Å². The first-order valence-electron chi connectivity index (χ1n) is 16.8. The van der Waals surface area contributed by atoms with E-state index < -0.39 is 0 Å². The van der Waals surface area contributed by atoms with Gasteiger partial charge in [0.05, 0.1) is 0 Å². The largest absolute Gasteiger partial charge is 0.504 e. The fourth-order valence-electron chi connectivity index (χ4n) is 4.85. The maximum atomic E-state index is 5.26. The average molecular weight is 855 g/mol. The van der Waals surface area contributed by atoms with Crippen LogP contribution in [0.15, 0.2) is 86.2 Å². The predicted octanol–water partition coefficient (Wildman–Crippen LogP) is 13.9. The van der Waals surface area contributed by atoms with Gasteiger partial charge in [0.1, 0.15) is 0 Å². The van der Waals surface area contributed by atoms with Gasteiger partial charge < -0.3 is 9.31 Å². The number of hydrogen-bond acceptors (Lipinski definition) is 4. The van der Waals surface area contributed by atoms with Crippen LogP contribution in [0, 0.1) is 0 Å². The summed E-state index contributed by atoms with van der Waals surface area (Å²) in [4.78, 5) is 4.36. The van der Waals surface area contributed by atoms with Crippen LogP contribution in [-0.4, -0.2) is 21.3 Å². The molecule has 0 fully saturated rings. The zero-order valence-electron chi connectivity index (χ0n) is 28.2. The molecule has 0 N–H and O–H groups in total. The lowest BCUT2D eigenvalue weighted by molar-refractivity contribution is 0.292. The third kappa shape index (κ3) is 18.1. The number of benzene rings is 2. The number of halogens is 3. The first kappa shape index (κ1) is 41.4. The van der Waals surface area contributed by atoms with Gasteiger partial charge in [0, 0.05) is 47.0 Å². The van der Waals surface area contributed by atoms with Gasteiger partial charge in [-0.05, 0) is 85.8 Å². The van der Waals surface area contributed by atoms with Gasteiger partial charge in [0.2, 0.25) is 0 Å². The van der Waals surface area contributed by atoms with Gasteiger partial charge in [-0.3, -0.25) is 0 Å². The summed E-state index contributed by atoms with van der Waals surface area (Å²) in [6, 6.07) is 25.4. The Morgan fingerprint density at radius 3 is 1.39 bits per heavy atom. The molecule has 4 rings (SSSR count). The van der Waals surface area contributed by atoms with Crippen molar-refractivity contribution in [3.63, 3.8) is 0 Å². The minimum absolute atomic E-state index is 0.201. The molecule has 0 atom stereocenters. The smallest absolute Gasteiger partial charge is 0.410 e. The van der Waals surface area contributed by atoms with E-state index in [1.807, 2.05) is 46.9 Å². The number of rotatable bonds is 18. The Labute approximate surface area is 313 Å². The topological polar surface area (TPSA) is 18.5 Å². The molecule has 4 aromatic rings. The summed E-state index contributed by atoms with van der Waals surface area (Å²) in [5.74, 6) is 0. The van der Waals surface area contributed by atoms with E-state index in [2.05, 4.69) is 110 Å². The monoisotopic (exact) mass is 852 g/mol. The summed E-state index contributed by atoms with van der Waals surface area (Å²) in [5, 5.41) is 0. The molecular formula is C38H52BBr3O2S2. The lowest BCUT2D eigenvalue weighted by Gasteiger charge is -2.04. The van der Waals surface area contributed by atoms with Crippen molar-refractivity contribution < 1.29 is 9.31 Å². The Bertz CT molecular complexity index is 1270. The maximum Gasteiger partial charge on any atom is 0.504 e. The second-order valence-corrected chi connectivity index (χ2v) is 16.5. The molecule has 2 aromatic heterocycles. The lowest BCUT2D eigenvalue weighted by atomic mass is 9.88. The van der Waals surface area contributed by atoms with Crippen molar-refractivity contribution in [1.29, 1.82) is 0 Å². The SMILES string of the molecule is Brc1ccc(Br)cc1.CCCCCCCCc1ccc(-c2ccc(Br)cc2)s1.CCCCCCCCc1ccc(B(OC)OC)s1. The van der Waals surface area contributed by atoms with Gasteiger partial charge in [-0.2, -0.15) is 0 Å².